The molecule has 0 aliphatic rings. The molecule has 0 radical (unpaired) electrons. The minimum atomic E-state index is -3.75. The van der Waals surface area contributed by atoms with Crippen molar-refractivity contribution in [2.24, 2.45) is 0 Å². The lowest BCUT2D eigenvalue weighted by molar-refractivity contribution is 0.601. The second-order valence-electron chi connectivity index (χ2n) is 3.83. The third-order valence-electron chi connectivity index (χ3n) is 2.47. The fourth-order valence-corrected chi connectivity index (χ4v) is 3.77. The third-order valence-corrected chi connectivity index (χ3v) is 4.85. The van der Waals surface area contributed by atoms with Crippen LogP contribution in [0.4, 0.5) is 11.5 Å². The molecule has 0 spiro atoms. The van der Waals surface area contributed by atoms with Gasteiger partial charge < -0.3 is 5.32 Å². The standard InChI is InChI=1S/C12H11ClIN3O2S/c1-15-12-11(3-2-6-16-12)20(18,19)17-10-5-4-8(14)7-9(10)13/h2-7,17H,1H3,(H,15,16). The lowest BCUT2D eigenvalue weighted by atomic mass is 10.3. The summed E-state index contributed by atoms with van der Waals surface area (Å²) in [6, 6.07) is 8.11. The third kappa shape index (κ3) is 3.33. The lowest BCUT2D eigenvalue weighted by Crippen LogP contribution is -2.15. The highest BCUT2D eigenvalue weighted by Crippen LogP contribution is 2.27. The number of sulfonamides is 1. The monoisotopic (exact) mass is 423 g/mol. The summed E-state index contributed by atoms with van der Waals surface area (Å²) in [5, 5.41) is 3.09. The van der Waals surface area contributed by atoms with Gasteiger partial charge in [0.05, 0.1) is 10.7 Å². The number of aromatic nitrogens is 1. The molecule has 0 atom stereocenters. The number of hydrogen-bond donors (Lipinski definition) is 2. The molecule has 0 saturated carbocycles. The predicted octanol–water partition coefficient (Wildman–Crippen LogP) is 3.18. The number of benzene rings is 1. The molecule has 0 bridgehead atoms. The SMILES string of the molecule is CNc1ncccc1S(=O)(=O)Nc1ccc(I)cc1Cl. The van der Waals surface area contributed by atoms with Gasteiger partial charge in [0.15, 0.2) is 0 Å². The fraction of sp³-hybridized carbons (Fsp3) is 0.0833. The first-order valence-electron chi connectivity index (χ1n) is 5.54. The lowest BCUT2D eigenvalue weighted by Gasteiger charge is -2.12. The van der Waals surface area contributed by atoms with E-state index in [1.807, 2.05) is 0 Å². The van der Waals surface area contributed by atoms with Crippen molar-refractivity contribution in [3.63, 3.8) is 0 Å². The van der Waals surface area contributed by atoms with Crippen LogP contribution in [0.15, 0.2) is 41.4 Å². The minimum Gasteiger partial charge on any atom is -0.372 e. The van der Waals surface area contributed by atoms with Crippen LogP contribution in [0.2, 0.25) is 5.02 Å². The zero-order valence-corrected chi connectivity index (χ0v) is 14.1. The van der Waals surface area contributed by atoms with Crippen LogP contribution in [0.25, 0.3) is 0 Å². The maximum Gasteiger partial charge on any atom is 0.265 e. The predicted molar refractivity (Wildman–Crippen MR) is 88.8 cm³/mol. The van der Waals surface area contributed by atoms with E-state index in [0.717, 1.165) is 3.57 Å². The number of halogens is 2. The van der Waals surface area contributed by atoms with E-state index in [2.05, 4.69) is 37.6 Å². The molecule has 20 heavy (non-hydrogen) atoms. The first-order chi connectivity index (χ1) is 9.44. The van der Waals surface area contributed by atoms with E-state index in [9.17, 15) is 8.42 Å². The largest absolute Gasteiger partial charge is 0.372 e. The number of pyridine rings is 1. The van der Waals surface area contributed by atoms with Gasteiger partial charge in [-0.25, -0.2) is 13.4 Å². The molecule has 0 aliphatic carbocycles. The van der Waals surface area contributed by atoms with Crippen LogP contribution in [0.3, 0.4) is 0 Å². The Hall–Kier alpha value is -1.06. The summed E-state index contributed by atoms with van der Waals surface area (Å²) in [4.78, 5) is 4.04. The maximum atomic E-state index is 12.4. The van der Waals surface area contributed by atoms with Gasteiger partial charge in [0.25, 0.3) is 10.0 Å². The van der Waals surface area contributed by atoms with Gasteiger partial charge in [-0.3, -0.25) is 4.72 Å². The molecule has 5 nitrogen and oxygen atoms in total. The molecule has 1 aromatic carbocycles. The first kappa shape index (κ1) is 15.3. The van der Waals surface area contributed by atoms with E-state index in [1.165, 1.54) is 12.3 Å². The van der Waals surface area contributed by atoms with Gasteiger partial charge in [-0.2, -0.15) is 0 Å². The zero-order valence-electron chi connectivity index (χ0n) is 10.4. The highest BCUT2D eigenvalue weighted by molar-refractivity contribution is 14.1. The number of rotatable bonds is 4. The quantitative estimate of drug-likeness (QED) is 0.741. The second-order valence-corrected chi connectivity index (χ2v) is 7.13. The molecule has 0 saturated heterocycles. The molecule has 0 fully saturated rings. The highest BCUT2D eigenvalue weighted by atomic mass is 127. The summed E-state index contributed by atoms with van der Waals surface area (Å²) in [6.07, 6.45) is 1.52. The molecule has 8 heteroatoms. The van der Waals surface area contributed by atoms with Crippen LogP contribution in [0, 0.1) is 3.57 Å². The van der Waals surface area contributed by atoms with Crippen molar-refractivity contribution in [1.82, 2.24) is 4.98 Å². The Morgan fingerprint density at radius 3 is 2.70 bits per heavy atom. The smallest absolute Gasteiger partial charge is 0.265 e. The summed E-state index contributed by atoms with van der Waals surface area (Å²) in [5.74, 6) is 0.279. The molecular formula is C12H11ClIN3O2S. The average Bonchev–Trinajstić information content (AvgIpc) is 2.42. The summed E-state index contributed by atoms with van der Waals surface area (Å²) in [6.45, 7) is 0. The van der Waals surface area contributed by atoms with Gasteiger partial charge in [0.2, 0.25) is 0 Å². The van der Waals surface area contributed by atoms with Crippen molar-refractivity contribution < 1.29 is 8.42 Å². The molecule has 0 amide bonds. The van der Waals surface area contributed by atoms with Crippen LogP contribution in [-0.4, -0.2) is 20.4 Å². The molecule has 0 unspecified atom stereocenters. The maximum absolute atomic E-state index is 12.4. The van der Waals surface area contributed by atoms with Crippen molar-refractivity contribution in [2.45, 2.75) is 4.90 Å². The Kier molecular flexibility index (Phi) is 4.71. The van der Waals surface area contributed by atoms with Crippen LogP contribution in [-0.2, 0) is 10.0 Å². The van der Waals surface area contributed by atoms with Gasteiger partial charge in [-0.05, 0) is 52.9 Å². The van der Waals surface area contributed by atoms with Crippen LogP contribution >= 0.6 is 34.2 Å². The van der Waals surface area contributed by atoms with Crippen molar-refractivity contribution in [3.8, 4) is 0 Å². The van der Waals surface area contributed by atoms with E-state index in [4.69, 9.17) is 11.6 Å². The summed E-state index contributed by atoms with van der Waals surface area (Å²) in [7, 11) is -2.14. The van der Waals surface area contributed by atoms with Crippen LogP contribution in [0.1, 0.15) is 0 Å². The number of anilines is 2. The summed E-state index contributed by atoms with van der Waals surface area (Å²) in [5.41, 5.74) is 0.331. The zero-order chi connectivity index (χ0) is 14.8. The van der Waals surface area contributed by atoms with Crippen molar-refractivity contribution in [1.29, 1.82) is 0 Å². The number of nitrogens with one attached hydrogen (secondary N) is 2. The minimum absolute atomic E-state index is 0.0668. The van der Waals surface area contributed by atoms with Crippen molar-refractivity contribution >= 4 is 55.7 Å². The topological polar surface area (TPSA) is 71.1 Å². The van der Waals surface area contributed by atoms with E-state index in [1.54, 1.807) is 31.3 Å². The average molecular weight is 424 g/mol. The Bertz CT molecular complexity index is 737. The Balaban J connectivity index is 2.41. The molecule has 106 valence electrons. The van der Waals surface area contributed by atoms with Crippen molar-refractivity contribution in [2.75, 3.05) is 17.1 Å². The Morgan fingerprint density at radius 2 is 2.05 bits per heavy atom. The van der Waals surface area contributed by atoms with E-state index in [-0.39, 0.29) is 10.7 Å². The van der Waals surface area contributed by atoms with Crippen LogP contribution in [0.5, 0.6) is 0 Å². The Labute approximate surface area is 135 Å². The van der Waals surface area contributed by atoms with E-state index >= 15 is 0 Å². The fourth-order valence-electron chi connectivity index (χ4n) is 1.57. The van der Waals surface area contributed by atoms with E-state index in [0.29, 0.717) is 10.7 Å². The van der Waals surface area contributed by atoms with Crippen molar-refractivity contribution in [3.05, 3.63) is 45.1 Å². The molecular weight excluding hydrogens is 413 g/mol. The van der Waals surface area contributed by atoms with E-state index < -0.39 is 10.0 Å². The molecule has 2 rings (SSSR count). The van der Waals surface area contributed by atoms with Gasteiger partial charge in [0, 0.05) is 16.8 Å². The van der Waals surface area contributed by atoms with Gasteiger partial charge in [0.1, 0.15) is 10.7 Å². The van der Waals surface area contributed by atoms with Gasteiger partial charge in [-0.1, -0.05) is 11.6 Å². The molecule has 2 aromatic rings. The van der Waals surface area contributed by atoms with Crippen LogP contribution < -0.4 is 10.0 Å². The molecule has 1 aromatic heterocycles. The first-order valence-corrected chi connectivity index (χ1v) is 8.48. The molecule has 2 N–H and O–H groups in total. The number of hydrogen-bond acceptors (Lipinski definition) is 4. The molecule has 1 heterocycles. The summed E-state index contributed by atoms with van der Waals surface area (Å²) < 4.78 is 28.1. The second kappa shape index (κ2) is 6.15. The molecule has 0 aliphatic heterocycles. The summed E-state index contributed by atoms with van der Waals surface area (Å²) >= 11 is 8.13. The highest BCUT2D eigenvalue weighted by Gasteiger charge is 2.20. The van der Waals surface area contributed by atoms with Gasteiger partial charge >= 0.3 is 0 Å². The Morgan fingerprint density at radius 1 is 1.30 bits per heavy atom. The van der Waals surface area contributed by atoms with Gasteiger partial charge in [-0.15, -0.1) is 0 Å². The normalized spacial score (nSPS) is 11.2. The number of nitrogens with zero attached hydrogens (tertiary/aromatic N) is 1.